The Morgan fingerprint density at radius 2 is 1.95 bits per heavy atom. The molecule has 0 bridgehead atoms. The van der Waals surface area contributed by atoms with E-state index in [1.54, 1.807) is 36.4 Å². The first-order chi connectivity index (χ1) is 9.15. The number of thiazole rings is 1. The van der Waals surface area contributed by atoms with Gasteiger partial charge in [0, 0.05) is 16.1 Å². The number of rotatable bonds is 2. The molecule has 1 N–H and O–H groups in total. The summed E-state index contributed by atoms with van der Waals surface area (Å²) in [5.41, 5.74) is 1.58. The van der Waals surface area contributed by atoms with Crippen molar-refractivity contribution in [3.05, 3.63) is 68.3 Å². The molecule has 5 heteroatoms. The van der Waals surface area contributed by atoms with Crippen LogP contribution >= 0.6 is 22.9 Å². The summed E-state index contributed by atoms with van der Waals surface area (Å²) in [6, 6.07) is 12.0. The lowest BCUT2D eigenvalue weighted by atomic mass is 10.0. The largest absolute Gasteiger partial charge is 0.312 e. The smallest absolute Gasteiger partial charge is 0.305 e. The minimum Gasteiger partial charge on any atom is -0.312 e. The van der Waals surface area contributed by atoms with Crippen LogP contribution in [0.1, 0.15) is 15.9 Å². The average Bonchev–Trinajstić information content (AvgIpc) is 2.77. The van der Waals surface area contributed by atoms with Crippen LogP contribution in [0.3, 0.4) is 0 Å². The lowest BCUT2D eigenvalue weighted by Gasteiger charge is -2.03. The topological polar surface area (TPSA) is 49.9 Å². The third-order valence-corrected chi connectivity index (χ3v) is 3.87. The van der Waals surface area contributed by atoms with Gasteiger partial charge in [0.15, 0.2) is 5.78 Å². The molecule has 94 valence electrons. The van der Waals surface area contributed by atoms with Crippen LogP contribution in [0.4, 0.5) is 0 Å². The Balaban J connectivity index is 2.19. The predicted octanol–water partition coefficient (Wildman–Crippen LogP) is 3.47. The third-order valence-electron chi connectivity index (χ3n) is 2.79. The fourth-order valence-electron chi connectivity index (χ4n) is 1.95. The van der Waals surface area contributed by atoms with Crippen molar-refractivity contribution >= 4 is 38.9 Å². The van der Waals surface area contributed by atoms with Gasteiger partial charge in [0.25, 0.3) is 0 Å². The summed E-state index contributed by atoms with van der Waals surface area (Å²) in [6.45, 7) is 0. The van der Waals surface area contributed by atoms with Gasteiger partial charge in [-0.3, -0.25) is 9.59 Å². The number of hydrogen-bond donors (Lipinski definition) is 1. The lowest BCUT2D eigenvalue weighted by Crippen LogP contribution is -2.03. The van der Waals surface area contributed by atoms with Crippen LogP contribution in [0.25, 0.3) is 10.2 Å². The monoisotopic (exact) mass is 289 g/mol. The summed E-state index contributed by atoms with van der Waals surface area (Å²) in [6.07, 6.45) is 0. The summed E-state index contributed by atoms with van der Waals surface area (Å²) in [5, 5.41) is 0.511. The molecule has 0 fully saturated rings. The molecule has 1 heterocycles. The van der Waals surface area contributed by atoms with Crippen molar-refractivity contribution in [1.29, 1.82) is 0 Å². The number of aromatic amines is 1. The second-order valence-corrected chi connectivity index (χ2v) is 5.48. The zero-order valence-corrected chi connectivity index (χ0v) is 11.2. The summed E-state index contributed by atoms with van der Waals surface area (Å²) in [4.78, 5) is 26.4. The molecular weight excluding hydrogens is 282 g/mol. The number of ketones is 1. The van der Waals surface area contributed by atoms with Crippen molar-refractivity contribution in [3.63, 3.8) is 0 Å². The number of H-pyrrole nitrogens is 1. The number of benzene rings is 2. The van der Waals surface area contributed by atoms with Gasteiger partial charge in [-0.15, -0.1) is 0 Å². The van der Waals surface area contributed by atoms with Crippen molar-refractivity contribution in [3.8, 4) is 0 Å². The van der Waals surface area contributed by atoms with Gasteiger partial charge in [0.05, 0.1) is 10.2 Å². The number of carbonyl (C=O) groups excluding carboxylic acids is 1. The first-order valence-corrected chi connectivity index (χ1v) is 6.77. The van der Waals surface area contributed by atoms with E-state index < -0.39 is 0 Å². The maximum absolute atomic E-state index is 12.4. The summed E-state index contributed by atoms with van der Waals surface area (Å²) < 4.78 is 0.776. The summed E-state index contributed by atoms with van der Waals surface area (Å²) in [5.74, 6) is -0.151. The van der Waals surface area contributed by atoms with Gasteiger partial charge in [-0.25, -0.2) is 0 Å². The van der Waals surface area contributed by atoms with E-state index in [9.17, 15) is 9.59 Å². The molecule has 0 spiro atoms. The SMILES string of the molecule is O=C(c1cccc(Cl)c1)c1cccc2sc(=O)[nH]c12. The molecule has 0 aliphatic heterocycles. The van der Waals surface area contributed by atoms with E-state index in [1.165, 1.54) is 0 Å². The molecule has 0 unspecified atom stereocenters. The first-order valence-electron chi connectivity index (χ1n) is 5.57. The number of carbonyl (C=O) groups is 1. The normalized spacial score (nSPS) is 10.8. The van der Waals surface area contributed by atoms with Crippen molar-refractivity contribution in [2.24, 2.45) is 0 Å². The Morgan fingerprint density at radius 3 is 2.74 bits per heavy atom. The van der Waals surface area contributed by atoms with Crippen LogP contribution in [-0.2, 0) is 0 Å². The minimum absolute atomic E-state index is 0.151. The van der Waals surface area contributed by atoms with Crippen molar-refractivity contribution in [1.82, 2.24) is 4.98 Å². The van der Waals surface area contributed by atoms with Crippen LogP contribution in [0.15, 0.2) is 47.3 Å². The molecule has 0 saturated carbocycles. The highest BCUT2D eigenvalue weighted by molar-refractivity contribution is 7.16. The van der Waals surface area contributed by atoms with E-state index in [0.29, 0.717) is 21.7 Å². The molecule has 3 rings (SSSR count). The van der Waals surface area contributed by atoms with Crippen molar-refractivity contribution in [2.45, 2.75) is 0 Å². The van der Waals surface area contributed by atoms with Crippen molar-refractivity contribution in [2.75, 3.05) is 0 Å². The molecule has 3 nitrogen and oxygen atoms in total. The highest BCUT2D eigenvalue weighted by Crippen LogP contribution is 2.22. The van der Waals surface area contributed by atoms with Crippen LogP contribution in [0.2, 0.25) is 5.02 Å². The summed E-state index contributed by atoms with van der Waals surface area (Å²) in [7, 11) is 0. The van der Waals surface area contributed by atoms with Gasteiger partial charge in [0.1, 0.15) is 0 Å². The number of para-hydroxylation sites is 1. The van der Waals surface area contributed by atoms with Gasteiger partial charge in [-0.1, -0.05) is 41.1 Å². The Morgan fingerprint density at radius 1 is 1.16 bits per heavy atom. The number of hydrogen-bond acceptors (Lipinski definition) is 3. The van der Waals surface area contributed by atoms with Gasteiger partial charge in [-0.2, -0.15) is 0 Å². The molecular formula is C14H8ClNO2S. The second kappa shape index (κ2) is 4.64. The number of aromatic nitrogens is 1. The van der Waals surface area contributed by atoms with Gasteiger partial charge in [-0.05, 0) is 24.3 Å². The Bertz CT molecular complexity index is 835. The fourth-order valence-corrected chi connectivity index (χ4v) is 2.90. The Hall–Kier alpha value is -1.91. The molecule has 2 aromatic carbocycles. The number of fused-ring (bicyclic) bond motifs is 1. The van der Waals surface area contributed by atoms with E-state index in [2.05, 4.69) is 4.98 Å². The minimum atomic E-state index is -0.165. The molecule has 0 aliphatic carbocycles. The summed E-state index contributed by atoms with van der Waals surface area (Å²) >= 11 is 6.98. The maximum Gasteiger partial charge on any atom is 0.305 e. The van der Waals surface area contributed by atoms with E-state index in [4.69, 9.17) is 11.6 Å². The third kappa shape index (κ3) is 2.20. The van der Waals surface area contributed by atoms with Crippen LogP contribution in [0, 0.1) is 0 Å². The first kappa shape index (κ1) is 12.1. The van der Waals surface area contributed by atoms with Gasteiger partial charge in [0.2, 0.25) is 0 Å². The lowest BCUT2D eigenvalue weighted by molar-refractivity contribution is 0.104. The Labute approximate surface area is 117 Å². The number of halogens is 1. The van der Waals surface area contributed by atoms with Gasteiger partial charge < -0.3 is 4.98 Å². The van der Waals surface area contributed by atoms with Gasteiger partial charge >= 0.3 is 4.87 Å². The molecule has 3 aromatic rings. The Kier molecular flexibility index (Phi) is 2.97. The zero-order chi connectivity index (χ0) is 13.4. The fraction of sp³-hybridized carbons (Fsp3) is 0. The zero-order valence-electron chi connectivity index (χ0n) is 9.64. The molecule has 0 saturated heterocycles. The van der Waals surface area contributed by atoms with E-state index >= 15 is 0 Å². The quantitative estimate of drug-likeness (QED) is 0.734. The standard InChI is InChI=1S/C14H8ClNO2S/c15-9-4-1-3-8(7-9)13(17)10-5-2-6-11-12(10)16-14(18)19-11/h1-7H,(H,16,18). The van der Waals surface area contributed by atoms with Crippen LogP contribution in [-0.4, -0.2) is 10.8 Å². The molecule has 19 heavy (non-hydrogen) atoms. The second-order valence-electron chi connectivity index (χ2n) is 4.03. The average molecular weight is 290 g/mol. The van der Waals surface area contributed by atoms with E-state index in [-0.39, 0.29) is 10.7 Å². The molecule has 1 aromatic heterocycles. The van der Waals surface area contributed by atoms with Crippen LogP contribution in [0.5, 0.6) is 0 Å². The highest BCUT2D eigenvalue weighted by Gasteiger charge is 2.14. The highest BCUT2D eigenvalue weighted by atomic mass is 35.5. The maximum atomic E-state index is 12.4. The van der Waals surface area contributed by atoms with Crippen molar-refractivity contribution < 1.29 is 4.79 Å². The molecule has 0 aliphatic rings. The number of nitrogens with one attached hydrogen (secondary N) is 1. The van der Waals surface area contributed by atoms with E-state index in [1.807, 2.05) is 6.07 Å². The molecule has 0 radical (unpaired) electrons. The van der Waals surface area contributed by atoms with Crippen LogP contribution < -0.4 is 4.87 Å². The predicted molar refractivity (Wildman–Crippen MR) is 77.3 cm³/mol. The van der Waals surface area contributed by atoms with E-state index in [0.717, 1.165) is 16.0 Å². The molecule has 0 atom stereocenters. The molecule has 0 amide bonds.